The Morgan fingerprint density at radius 3 is 2.44 bits per heavy atom. The standard InChI is InChI=1S/C15H26N2O/c1-12-6-7-14(10-13(12)2)15(3,18)11-16-8-9-17(4)5/h6-7,10,16,18H,8-9,11H2,1-5H3. The van der Waals surface area contributed by atoms with Crippen molar-refractivity contribution in [3.63, 3.8) is 0 Å². The lowest BCUT2D eigenvalue weighted by atomic mass is 9.93. The fraction of sp³-hybridized carbons (Fsp3) is 0.600. The SMILES string of the molecule is Cc1ccc(C(C)(O)CNCCN(C)C)cc1C. The number of nitrogens with zero attached hydrogens (tertiary/aromatic N) is 1. The van der Waals surface area contributed by atoms with E-state index in [1.165, 1.54) is 11.1 Å². The average molecular weight is 250 g/mol. The number of aryl methyl sites for hydroxylation is 2. The third-order valence-corrected chi connectivity index (χ3v) is 3.33. The summed E-state index contributed by atoms with van der Waals surface area (Å²) < 4.78 is 0. The van der Waals surface area contributed by atoms with Gasteiger partial charge in [0, 0.05) is 19.6 Å². The maximum absolute atomic E-state index is 10.5. The lowest BCUT2D eigenvalue weighted by Crippen LogP contribution is -2.38. The van der Waals surface area contributed by atoms with E-state index in [2.05, 4.69) is 36.2 Å². The maximum Gasteiger partial charge on any atom is 0.0992 e. The Kier molecular flexibility index (Phi) is 5.32. The molecule has 3 nitrogen and oxygen atoms in total. The molecule has 1 rings (SSSR count). The molecule has 0 heterocycles. The molecule has 0 aliphatic heterocycles. The fourth-order valence-corrected chi connectivity index (χ4v) is 1.81. The quantitative estimate of drug-likeness (QED) is 0.754. The first kappa shape index (κ1) is 15.2. The summed E-state index contributed by atoms with van der Waals surface area (Å²) in [7, 11) is 4.09. The molecular formula is C15H26N2O. The molecule has 2 N–H and O–H groups in total. The molecule has 3 heteroatoms. The molecule has 0 amide bonds. The Morgan fingerprint density at radius 1 is 1.22 bits per heavy atom. The van der Waals surface area contributed by atoms with Crippen molar-refractivity contribution in [1.29, 1.82) is 0 Å². The van der Waals surface area contributed by atoms with Crippen LogP contribution >= 0.6 is 0 Å². The second-order valence-corrected chi connectivity index (χ2v) is 5.55. The van der Waals surface area contributed by atoms with E-state index in [4.69, 9.17) is 0 Å². The van der Waals surface area contributed by atoms with Crippen molar-refractivity contribution in [1.82, 2.24) is 10.2 Å². The van der Waals surface area contributed by atoms with Gasteiger partial charge in [0.1, 0.15) is 0 Å². The molecule has 0 saturated heterocycles. The Bertz CT molecular complexity index is 386. The Morgan fingerprint density at radius 2 is 1.89 bits per heavy atom. The first-order valence-corrected chi connectivity index (χ1v) is 6.48. The molecule has 1 atom stereocenters. The van der Waals surface area contributed by atoms with Gasteiger partial charge >= 0.3 is 0 Å². The van der Waals surface area contributed by atoms with Crippen LogP contribution in [0.3, 0.4) is 0 Å². The number of nitrogens with one attached hydrogen (secondary N) is 1. The van der Waals surface area contributed by atoms with E-state index in [0.717, 1.165) is 18.7 Å². The van der Waals surface area contributed by atoms with Crippen LogP contribution in [0.25, 0.3) is 0 Å². The number of hydrogen-bond donors (Lipinski definition) is 2. The van der Waals surface area contributed by atoms with Crippen LogP contribution in [0.5, 0.6) is 0 Å². The summed E-state index contributed by atoms with van der Waals surface area (Å²) in [4.78, 5) is 2.12. The third-order valence-electron chi connectivity index (χ3n) is 3.33. The van der Waals surface area contributed by atoms with E-state index in [1.54, 1.807) is 0 Å². The third kappa shape index (κ3) is 4.41. The van der Waals surface area contributed by atoms with Crippen LogP contribution in [0.15, 0.2) is 18.2 Å². The molecule has 102 valence electrons. The predicted octanol–water partition coefficient (Wildman–Crippen LogP) is 1.66. The minimum absolute atomic E-state index is 0.573. The summed E-state index contributed by atoms with van der Waals surface area (Å²) in [5.41, 5.74) is 2.64. The van der Waals surface area contributed by atoms with Crippen molar-refractivity contribution in [2.45, 2.75) is 26.4 Å². The topological polar surface area (TPSA) is 35.5 Å². The van der Waals surface area contributed by atoms with Crippen LogP contribution < -0.4 is 5.32 Å². The van der Waals surface area contributed by atoms with Crippen LogP contribution in [0.1, 0.15) is 23.6 Å². The van der Waals surface area contributed by atoms with Crippen molar-refractivity contribution in [2.75, 3.05) is 33.7 Å². The highest BCUT2D eigenvalue weighted by Gasteiger charge is 2.22. The van der Waals surface area contributed by atoms with Gasteiger partial charge in [-0.15, -0.1) is 0 Å². The van der Waals surface area contributed by atoms with Crippen molar-refractivity contribution in [3.05, 3.63) is 34.9 Å². The van der Waals surface area contributed by atoms with E-state index < -0.39 is 5.60 Å². The predicted molar refractivity (Wildman–Crippen MR) is 76.9 cm³/mol. The summed E-state index contributed by atoms with van der Waals surface area (Å²) in [6, 6.07) is 6.15. The van der Waals surface area contributed by atoms with E-state index in [1.807, 2.05) is 27.1 Å². The van der Waals surface area contributed by atoms with Gasteiger partial charge in [-0.2, -0.15) is 0 Å². The second-order valence-electron chi connectivity index (χ2n) is 5.55. The van der Waals surface area contributed by atoms with Crippen LogP contribution in [0, 0.1) is 13.8 Å². The Balaban J connectivity index is 2.59. The van der Waals surface area contributed by atoms with Gasteiger partial charge in [-0.1, -0.05) is 18.2 Å². The number of hydrogen-bond acceptors (Lipinski definition) is 3. The average Bonchev–Trinajstić information content (AvgIpc) is 2.28. The summed E-state index contributed by atoms with van der Waals surface area (Å²) in [5.74, 6) is 0. The molecule has 0 aromatic heterocycles. The second kappa shape index (κ2) is 6.32. The van der Waals surface area contributed by atoms with Gasteiger partial charge in [-0.05, 0) is 51.6 Å². The molecule has 1 unspecified atom stereocenters. The Labute approximate surface area is 111 Å². The van der Waals surface area contributed by atoms with Crippen LogP contribution in [-0.2, 0) is 5.60 Å². The summed E-state index contributed by atoms with van der Waals surface area (Å²) in [6.45, 7) is 8.46. The summed E-state index contributed by atoms with van der Waals surface area (Å²) >= 11 is 0. The highest BCUT2D eigenvalue weighted by atomic mass is 16.3. The molecule has 0 radical (unpaired) electrons. The normalized spacial score (nSPS) is 14.8. The zero-order chi connectivity index (χ0) is 13.8. The smallest absolute Gasteiger partial charge is 0.0992 e. The van der Waals surface area contributed by atoms with Gasteiger partial charge in [0.05, 0.1) is 5.60 Å². The summed E-state index contributed by atoms with van der Waals surface area (Å²) in [5, 5.41) is 13.8. The number of aliphatic hydroxyl groups is 1. The monoisotopic (exact) mass is 250 g/mol. The molecule has 0 aliphatic rings. The van der Waals surface area contributed by atoms with Crippen LogP contribution in [-0.4, -0.2) is 43.7 Å². The molecule has 1 aromatic rings. The molecule has 1 aromatic carbocycles. The van der Waals surface area contributed by atoms with Crippen molar-refractivity contribution < 1.29 is 5.11 Å². The zero-order valence-corrected chi connectivity index (χ0v) is 12.2. The number of rotatable bonds is 6. The lowest BCUT2D eigenvalue weighted by Gasteiger charge is -2.25. The fourth-order valence-electron chi connectivity index (χ4n) is 1.81. The molecule has 18 heavy (non-hydrogen) atoms. The highest BCUT2D eigenvalue weighted by molar-refractivity contribution is 5.33. The molecule has 0 aliphatic carbocycles. The number of likely N-dealkylation sites (N-methyl/N-ethyl adjacent to an activating group) is 1. The van der Waals surface area contributed by atoms with Gasteiger partial charge < -0.3 is 15.3 Å². The van der Waals surface area contributed by atoms with Crippen LogP contribution in [0.4, 0.5) is 0 Å². The van der Waals surface area contributed by atoms with E-state index in [-0.39, 0.29) is 0 Å². The van der Waals surface area contributed by atoms with E-state index in [0.29, 0.717) is 6.54 Å². The highest BCUT2D eigenvalue weighted by Crippen LogP contribution is 2.22. The van der Waals surface area contributed by atoms with Crippen molar-refractivity contribution in [3.8, 4) is 0 Å². The maximum atomic E-state index is 10.5. The lowest BCUT2D eigenvalue weighted by molar-refractivity contribution is 0.0567. The Hall–Kier alpha value is -0.900. The van der Waals surface area contributed by atoms with E-state index in [9.17, 15) is 5.11 Å². The van der Waals surface area contributed by atoms with Crippen molar-refractivity contribution >= 4 is 0 Å². The van der Waals surface area contributed by atoms with Gasteiger partial charge in [0.25, 0.3) is 0 Å². The minimum atomic E-state index is -0.815. The van der Waals surface area contributed by atoms with Gasteiger partial charge in [0.2, 0.25) is 0 Å². The largest absolute Gasteiger partial charge is 0.384 e. The zero-order valence-electron chi connectivity index (χ0n) is 12.2. The molecule has 0 saturated carbocycles. The molecule has 0 spiro atoms. The van der Waals surface area contributed by atoms with Gasteiger partial charge in [-0.3, -0.25) is 0 Å². The first-order valence-electron chi connectivity index (χ1n) is 6.48. The minimum Gasteiger partial charge on any atom is -0.384 e. The first-order chi connectivity index (χ1) is 8.33. The van der Waals surface area contributed by atoms with Gasteiger partial charge in [0.15, 0.2) is 0 Å². The van der Waals surface area contributed by atoms with Crippen LogP contribution in [0.2, 0.25) is 0 Å². The molecular weight excluding hydrogens is 224 g/mol. The number of benzene rings is 1. The van der Waals surface area contributed by atoms with Gasteiger partial charge in [-0.25, -0.2) is 0 Å². The van der Waals surface area contributed by atoms with E-state index >= 15 is 0 Å². The summed E-state index contributed by atoms with van der Waals surface area (Å²) in [6.07, 6.45) is 0. The molecule has 0 fully saturated rings. The molecule has 0 bridgehead atoms. The van der Waals surface area contributed by atoms with Crippen molar-refractivity contribution in [2.24, 2.45) is 0 Å².